The molecule has 150 valence electrons. The van der Waals surface area contributed by atoms with Crippen molar-refractivity contribution >= 4 is 31.4 Å². The first-order valence-electron chi connectivity index (χ1n) is 9.09. The van der Waals surface area contributed by atoms with Crippen LogP contribution < -0.4 is 9.44 Å². The number of allylic oxidation sites excluding steroid dienone is 2. The molecule has 0 unspecified atom stereocenters. The lowest BCUT2D eigenvalue weighted by Gasteiger charge is -2.17. The molecule has 8 heteroatoms. The highest BCUT2D eigenvalue weighted by molar-refractivity contribution is 7.96. The lowest BCUT2D eigenvalue weighted by Crippen LogP contribution is -2.18. The highest BCUT2D eigenvalue weighted by Gasteiger charge is 2.22. The molecule has 1 aliphatic rings. The number of nitrogens with one attached hydrogen (secondary N) is 2. The molecule has 0 saturated carbocycles. The molecule has 0 amide bonds. The van der Waals surface area contributed by atoms with E-state index in [0.717, 1.165) is 24.8 Å². The van der Waals surface area contributed by atoms with Crippen molar-refractivity contribution in [1.82, 2.24) is 0 Å². The van der Waals surface area contributed by atoms with Gasteiger partial charge in [0.15, 0.2) is 0 Å². The normalized spacial score (nSPS) is 15.0. The summed E-state index contributed by atoms with van der Waals surface area (Å²) >= 11 is 0. The maximum Gasteiger partial charge on any atom is 0.261 e. The van der Waals surface area contributed by atoms with Crippen molar-refractivity contribution in [1.29, 1.82) is 0 Å². The Labute approximate surface area is 166 Å². The van der Waals surface area contributed by atoms with E-state index < -0.39 is 20.0 Å². The van der Waals surface area contributed by atoms with Crippen LogP contribution in [0, 0.1) is 13.8 Å². The van der Waals surface area contributed by atoms with Crippen LogP contribution in [0.1, 0.15) is 36.8 Å². The van der Waals surface area contributed by atoms with Crippen LogP contribution in [0.2, 0.25) is 0 Å². The Balaban J connectivity index is 1.89. The Morgan fingerprint density at radius 2 is 1.64 bits per heavy atom. The fourth-order valence-electron chi connectivity index (χ4n) is 3.06. The van der Waals surface area contributed by atoms with Gasteiger partial charge in [-0.25, -0.2) is 16.8 Å². The number of sulfonamides is 2. The van der Waals surface area contributed by atoms with Gasteiger partial charge in [0.1, 0.15) is 0 Å². The molecule has 2 N–H and O–H groups in total. The molecule has 0 aromatic heterocycles. The lowest BCUT2D eigenvalue weighted by molar-refractivity contribution is 0.598. The summed E-state index contributed by atoms with van der Waals surface area (Å²) in [6.45, 7) is 3.61. The highest BCUT2D eigenvalue weighted by Crippen LogP contribution is 2.27. The number of hydrogen-bond donors (Lipinski definition) is 2. The number of benzene rings is 2. The fraction of sp³-hybridized carbons (Fsp3) is 0.300. The van der Waals surface area contributed by atoms with Crippen molar-refractivity contribution < 1.29 is 16.8 Å². The van der Waals surface area contributed by atoms with Gasteiger partial charge in [0.25, 0.3) is 20.0 Å². The summed E-state index contributed by atoms with van der Waals surface area (Å²) < 4.78 is 55.9. The summed E-state index contributed by atoms with van der Waals surface area (Å²) in [5.41, 5.74) is 2.29. The van der Waals surface area contributed by atoms with E-state index >= 15 is 0 Å². The minimum Gasteiger partial charge on any atom is -0.280 e. The van der Waals surface area contributed by atoms with Gasteiger partial charge in [-0.15, -0.1) is 0 Å². The third-order valence-electron chi connectivity index (χ3n) is 4.63. The number of anilines is 2. The predicted octanol–water partition coefficient (Wildman–Crippen LogP) is 4.30. The molecule has 0 saturated heterocycles. The van der Waals surface area contributed by atoms with E-state index in [4.69, 9.17) is 0 Å². The zero-order chi connectivity index (χ0) is 20.4. The van der Waals surface area contributed by atoms with Crippen LogP contribution in [0.5, 0.6) is 0 Å². The molecule has 6 nitrogen and oxygen atoms in total. The Kier molecular flexibility index (Phi) is 5.81. The first-order chi connectivity index (χ1) is 13.2. The molecule has 28 heavy (non-hydrogen) atoms. The minimum atomic E-state index is -3.85. The smallest absolute Gasteiger partial charge is 0.261 e. The maximum atomic E-state index is 12.7. The zero-order valence-corrected chi connectivity index (χ0v) is 17.5. The number of hydrogen-bond acceptors (Lipinski definition) is 4. The standard InChI is InChI=1S/C20H24N2O4S2/c1-15-7-6-8-17(13-15)21-28(25,26)19-12-11-16(2)20(14-19)22-27(23,24)18-9-4-3-5-10-18/h6-9,11-14,21-22H,3-5,10H2,1-2H3. The van der Waals surface area contributed by atoms with Crippen LogP contribution in [0.3, 0.4) is 0 Å². The number of rotatable bonds is 6. The van der Waals surface area contributed by atoms with E-state index in [1.54, 1.807) is 37.3 Å². The van der Waals surface area contributed by atoms with Crippen LogP contribution in [0.15, 0.2) is 58.3 Å². The van der Waals surface area contributed by atoms with Crippen LogP contribution in [0.4, 0.5) is 11.4 Å². The molecule has 0 radical (unpaired) electrons. The average Bonchev–Trinajstić information content (AvgIpc) is 2.63. The van der Waals surface area contributed by atoms with Crippen molar-refractivity contribution in [3.8, 4) is 0 Å². The summed E-state index contributed by atoms with van der Waals surface area (Å²) in [4.78, 5) is 0.360. The Bertz CT molecular complexity index is 1120. The van der Waals surface area contributed by atoms with Gasteiger partial charge in [0.2, 0.25) is 0 Å². The first kappa shape index (κ1) is 20.4. The van der Waals surface area contributed by atoms with Crippen molar-refractivity contribution in [2.45, 2.75) is 44.4 Å². The van der Waals surface area contributed by atoms with E-state index in [1.165, 1.54) is 12.1 Å². The van der Waals surface area contributed by atoms with Gasteiger partial charge >= 0.3 is 0 Å². The fourth-order valence-corrected chi connectivity index (χ4v) is 5.53. The van der Waals surface area contributed by atoms with Crippen molar-refractivity contribution in [2.75, 3.05) is 9.44 Å². The van der Waals surface area contributed by atoms with Gasteiger partial charge in [0.05, 0.1) is 15.5 Å². The van der Waals surface area contributed by atoms with Gasteiger partial charge in [0, 0.05) is 5.69 Å². The Morgan fingerprint density at radius 3 is 2.32 bits per heavy atom. The van der Waals surface area contributed by atoms with E-state index in [1.807, 2.05) is 13.0 Å². The average molecular weight is 421 g/mol. The van der Waals surface area contributed by atoms with Gasteiger partial charge in [-0.1, -0.05) is 24.3 Å². The zero-order valence-electron chi connectivity index (χ0n) is 15.9. The molecule has 0 atom stereocenters. The second kappa shape index (κ2) is 7.97. The summed E-state index contributed by atoms with van der Waals surface area (Å²) in [7, 11) is -7.54. The SMILES string of the molecule is Cc1cccc(NS(=O)(=O)c2ccc(C)c(NS(=O)(=O)C3=CCCCC3)c2)c1. The largest absolute Gasteiger partial charge is 0.280 e. The van der Waals surface area contributed by atoms with E-state index in [2.05, 4.69) is 9.44 Å². The summed E-state index contributed by atoms with van der Waals surface area (Å²) in [6.07, 6.45) is 4.79. The molecule has 0 aliphatic heterocycles. The quantitative estimate of drug-likeness (QED) is 0.729. The molecular weight excluding hydrogens is 396 g/mol. The molecular formula is C20H24N2O4S2. The van der Waals surface area contributed by atoms with Crippen LogP contribution in [-0.4, -0.2) is 16.8 Å². The summed E-state index contributed by atoms with van der Waals surface area (Å²) in [5.74, 6) is 0. The topological polar surface area (TPSA) is 92.3 Å². The molecule has 2 aromatic carbocycles. The Morgan fingerprint density at radius 1 is 0.857 bits per heavy atom. The van der Waals surface area contributed by atoms with Crippen LogP contribution >= 0.6 is 0 Å². The van der Waals surface area contributed by atoms with Crippen molar-refractivity contribution in [3.05, 3.63) is 64.6 Å². The third kappa shape index (κ3) is 4.74. The Hall–Kier alpha value is -2.32. The van der Waals surface area contributed by atoms with Crippen LogP contribution in [0.25, 0.3) is 0 Å². The van der Waals surface area contributed by atoms with E-state index in [9.17, 15) is 16.8 Å². The molecule has 1 aliphatic carbocycles. The first-order valence-corrected chi connectivity index (χ1v) is 12.1. The van der Waals surface area contributed by atoms with Gasteiger partial charge in [-0.3, -0.25) is 9.44 Å². The highest BCUT2D eigenvalue weighted by atomic mass is 32.2. The van der Waals surface area contributed by atoms with Gasteiger partial charge in [-0.2, -0.15) is 0 Å². The summed E-state index contributed by atoms with van der Waals surface area (Å²) in [6, 6.07) is 11.4. The minimum absolute atomic E-state index is 0.00469. The molecule has 0 bridgehead atoms. The van der Waals surface area contributed by atoms with Crippen molar-refractivity contribution in [3.63, 3.8) is 0 Å². The molecule has 0 heterocycles. The molecule has 2 aromatic rings. The predicted molar refractivity (Wildman–Crippen MR) is 112 cm³/mol. The number of aryl methyl sites for hydroxylation is 2. The summed E-state index contributed by atoms with van der Waals surface area (Å²) in [5, 5.41) is 0. The van der Waals surface area contributed by atoms with Crippen LogP contribution in [-0.2, 0) is 20.0 Å². The van der Waals surface area contributed by atoms with Gasteiger partial charge < -0.3 is 0 Å². The maximum absolute atomic E-state index is 12.7. The third-order valence-corrected chi connectivity index (χ3v) is 7.56. The second-order valence-electron chi connectivity index (χ2n) is 6.97. The second-order valence-corrected chi connectivity index (χ2v) is 10.4. The lowest BCUT2D eigenvalue weighted by atomic mass is 10.1. The van der Waals surface area contributed by atoms with Crippen molar-refractivity contribution in [2.24, 2.45) is 0 Å². The van der Waals surface area contributed by atoms with E-state index in [0.29, 0.717) is 22.6 Å². The molecule has 0 fully saturated rings. The monoisotopic (exact) mass is 420 g/mol. The van der Waals surface area contributed by atoms with Gasteiger partial charge in [-0.05, 0) is 74.9 Å². The van der Waals surface area contributed by atoms with E-state index in [-0.39, 0.29) is 10.6 Å². The molecule has 3 rings (SSSR count). The molecule has 0 spiro atoms.